The molecule has 20 heavy (non-hydrogen) atoms. The highest BCUT2D eigenvalue weighted by molar-refractivity contribution is 9.10. The molecule has 3 rings (SSSR count). The molecule has 0 aliphatic carbocycles. The minimum absolute atomic E-state index is 0.0342. The lowest BCUT2D eigenvalue weighted by molar-refractivity contribution is 0.352. The van der Waals surface area contributed by atoms with Gasteiger partial charge in [-0.3, -0.25) is 14.3 Å². The topological polar surface area (TPSA) is 64.1 Å². The number of nitrogens with one attached hydrogen (secondary N) is 1. The molecular weight excluding hydrogens is 348 g/mol. The summed E-state index contributed by atoms with van der Waals surface area (Å²) < 4.78 is 7.58. The van der Waals surface area contributed by atoms with Gasteiger partial charge in [0, 0.05) is 22.5 Å². The lowest BCUT2D eigenvalue weighted by Gasteiger charge is -2.10. The summed E-state index contributed by atoms with van der Waals surface area (Å²) in [4.78, 5) is 26.1. The van der Waals surface area contributed by atoms with Crippen LogP contribution in [-0.2, 0) is 13.0 Å². The molecule has 0 amide bonds. The van der Waals surface area contributed by atoms with Gasteiger partial charge >= 0.3 is 5.69 Å². The van der Waals surface area contributed by atoms with Crippen LogP contribution in [0, 0.1) is 0 Å². The Kier molecular flexibility index (Phi) is 3.43. The molecule has 0 bridgehead atoms. The normalized spacial score (nSPS) is 13.1. The van der Waals surface area contributed by atoms with Crippen molar-refractivity contribution in [3.8, 4) is 5.75 Å². The van der Waals surface area contributed by atoms with Crippen LogP contribution < -0.4 is 16.0 Å². The molecule has 0 atom stereocenters. The number of nitrogens with zero attached hydrogens (tertiary/aromatic N) is 1. The Morgan fingerprint density at radius 3 is 2.90 bits per heavy atom. The van der Waals surface area contributed by atoms with Crippen molar-refractivity contribution >= 4 is 27.5 Å². The summed E-state index contributed by atoms with van der Waals surface area (Å²) in [7, 11) is 0. The Balaban J connectivity index is 2.09. The summed E-state index contributed by atoms with van der Waals surface area (Å²) in [5, 5.41) is 0.0342. The zero-order valence-electron chi connectivity index (χ0n) is 10.3. The van der Waals surface area contributed by atoms with Gasteiger partial charge in [0.05, 0.1) is 13.2 Å². The average Bonchev–Trinajstić information content (AvgIpc) is 2.81. The summed E-state index contributed by atoms with van der Waals surface area (Å²) in [5.41, 5.74) is 0.898. The molecule has 0 radical (unpaired) electrons. The third-order valence-corrected chi connectivity index (χ3v) is 3.80. The molecule has 1 aliphatic rings. The number of hydrogen-bond acceptors (Lipinski definition) is 3. The second-order valence-corrected chi connectivity index (χ2v) is 5.82. The molecular formula is C13H10BrClN2O3. The number of halogens is 2. The van der Waals surface area contributed by atoms with E-state index in [0.29, 0.717) is 6.61 Å². The molecule has 5 nitrogen and oxygen atoms in total. The molecule has 2 aromatic rings. The van der Waals surface area contributed by atoms with Crippen LogP contribution in [-0.4, -0.2) is 16.2 Å². The average molecular weight is 358 g/mol. The molecule has 2 heterocycles. The van der Waals surface area contributed by atoms with Gasteiger partial charge in [0.25, 0.3) is 5.56 Å². The van der Waals surface area contributed by atoms with Crippen molar-refractivity contribution in [1.82, 2.24) is 9.55 Å². The Bertz CT molecular complexity index is 766. The quantitative estimate of drug-likeness (QED) is 0.836. The van der Waals surface area contributed by atoms with Crippen LogP contribution in [0.15, 0.2) is 32.3 Å². The highest BCUT2D eigenvalue weighted by Crippen LogP contribution is 2.33. The third kappa shape index (κ3) is 2.41. The smallest absolute Gasteiger partial charge is 0.329 e. The van der Waals surface area contributed by atoms with Crippen molar-refractivity contribution in [2.24, 2.45) is 0 Å². The van der Waals surface area contributed by atoms with Gasteiger partial charge < -0.3 is 4.74 Å². The van der Waals surface area contributed by atoms with E-state index in [4.69, 9.17) is 16.3 Å². The maximum atomic E-state index is 11.9. The van der Waals surface area contributed by atoms with Crippen LogP contribution in [0.4, 0.5) is 0 Å². The summed E-state index contributed by atoms with van der Waals surface area (Å²) in [6.45, 7) is 0.762. The Morgan fingerprint density at radius 1 is 1.35 bits per heavy atom. The first-order valence-corrected chi connectivity index (χ1v) is 7.15. The SMILES string of the molecule is O=c1cc(Cl)[nH]c(=O)n1Cc1cc(Br)cc2c1OCC2. The minimum Gasteiger partial charge on any atom is -0.493 e. The molecule has 0 unspecified atom stereocenters. The number of aromatic amines is 1. The number of hydrogen-bond donors (Lipinski definition) is 1. The summed E-state index contributed by atoms with van der Waals surface area (Å²) in [5.74, 6) is 0.759. The van der Waals surface area contributed by atoms with Gasteiger partial charge in [-0.25, -0.2) is 4.79 Å². The van der Waals surface area contributed by atoms with Gasteiger partial charge in [0.15, 0.2) is 0 Å². The third-order valence-electron chi connectivity index (χ3n) is 3.14. The van der Waals surface area contributed by atoms with E-state index in [1.54, 1.807) is 0 Å². The first kappa shape index (κ1) is 13.5. The Hall–Kier alpha value is -1.53. The fraction of sp³-hybridized carbons (Fsp3) is 0.231. The second-order valence-electron chi connectivity index (χ2n) is 4.50. The fourth-order valence-corrected chi connectivity index (χ4v) is 3.00. The standard InChI is InChI=1S/C13H10BrClN2O3/c14-9-3-7-1-2-20-12(7)8(4-9)6-17-11(18)5-10(15)16-13(17)19/h3-5H,1-2,6H2,(H,16,19). The maximum absolute atomic E-state index is 11.9. The number of benzene rings is 1. The van der Waals surface area contributed by atoms with Crippen molar-refractivity contribution in [1.29, 1.82) is 0 Å². The largest absolute Gasteiger partial charge is 0.493 e. The van der Waals surface area contributed by atoms with Gasteiger partial charge in [0.1, 0.15) is 10.9 Å². The first-order valence-electron chi connectivity index (χ1n) is 5.98. The predicted molar refractivity (Wildman–Crippen MR) is 78.8 cm³/mol. The van der Waals surface area contributed by atoms with Crippen LogP contribution in [0.5, 0.6) is 5.75 Å². The summed E-state index contributed by atoms with van der Waals surface area (Å²) in [6, 6.07) is 5.02. The summed E-state index contributed by atoms with van der Waals surface area (Å²) in [6.07, 6.45) is 0.827. The van der Waals surface area contributed by atoms with Gasteiger partial charge in [-0.15, -0.1) is 0 Å². The number of rotatable bonds is 2. The van der Waals surface area contributed by atoms with Crippen LogP contribution in [0.1, 0.15) is 11.1 Å². The van der Waals surface area contributed by atoms with Crippen molar-refractivity contribution < 1.29 is 4.74 Å². The first-order chi connectivity index (χ1) is 9.54. The van der Waals surface area contributed by atoms with E-state index in [1.165, 1.54) is 6.07 Å². The number of fused-ring (bicyclic) bond motifs is 1. The van der Waals surface area contributed by atoms with E-state index in [1.807, 2.05) is 12.1 Å². The van der Waals surface area contributed by atoms with Crippen LogP contribution in [0.3, 0.4) is 0 Å². The van der Waals surface area contributed by atoms with Crippen molar-refractivity contribution in [3.05, 3.63) is 59.8 Å². The number of H-pyrrole nitrogens is 1. The molecule has 0 saturated carbocycles. The van der Waals surface area contributed by atoms with E-state index in [0.717, 1.165) is 32.3 Å². The number of aromatic nitrogens is 2. The monoisotopic (exact) mass is 356 g/mol. The van der Waals surface area contributed by atoms with Gasteiger partial charge in [-0.05, 0) is 17.7 Å². The minimum atomic E-state index is -0.533. The molecule has 1 aromatic carbocycles. The van der Waals surface area contributed by atoms with E-state index < -0.39 is 11.2 Å². The highest BCUT2D eigenvalue weighted by Gasteiger charge is 2.18. The van der Waals surface area contributed by atoms with Gasteiger partial charge in [-0.2, -0.15) is 0 Å². The lowest BCUT2D eigenvalue weighted by Crippen LogP contribution is -2.34. The van der Waals surface area contributed by atoms with Crippen LogP contribution >= 0.6 is 27.5 Å². The molecule has 1 aromatic heterocycles. The van der Waals surface area contributed by atoms with Crippen molar-refractivity contribution in [2.45, 2.75) is 13.0 Å². The molecule has 1 aliphatic heterocycles. The van der Waals surface area contributed by atoms with Crippen molar-refractivity contribution in [3.63, 3.8) is 0 Å². The van der Waals surface area contributed by atoms with E-state index >= 15 is 0 Å². The van der Waals surface area contributed by atoms with E-state index in [2.05, 4.69) is 20.9 Å². The zero-order valence-corrected chi connectivity index (χ0v) is 12.6. The lowest BCUT2D eigenvalue weighted by atomic mass is 10.1. The van der Waals surface area contributed by atoms with Crippen LogP contribution in [0.2, 0.25) is 5.15 Å². The molecule has 0 saturated heterocycles. The second kappa shape index (κ2) is 5.10. The van der Waals surface area contributed by atoms with Crippen molar-refractivity contribution in [2.75, 3.05) is 6.61 Å². The molecule has 7 heteroatoms. The molecule has 0 fully saturated rings. The fourth-order valence-electron chi connectivity index (χ4n) is 2.28. The molecule has 104 valence electrons. The Labute approximate surface area is 127 Å². The molecule has 1 N–H and O–H groups in total. The highest BCUT2D eigenvalue weighted by atomic mass is 79.9. The molecule has 0 spiro atoms. The van der Waals surface area contributed by atoms with E-state index in [-0.39, 0.29) is 11.7 Å². The van der Waals surface area contributed by atoms with Gasteiger partial charge in [-0.1, -0.05) is 27.5 Å². The zero-order chi connectivity index (χ0) is 14.3. The van der Waals surface area contributed by atoms with Crippen LogP contribution in [0.25, 0.3) is 0 Å². The Morgan fingerprint density at radius 2 is 2.15 bits per heavy atom. The predicted octanol–water partition coefficient (Wildman–Crippen LogP) is 1.94. The maximum Gasteiger partial charge on any atom is 0.329 e. The van der Waals surface area contributed by atoms with Gasteiger partial charge in [0.2, 0.25) is 0 Å². The van der Waals surface area contributed by atoms with E-state index in [9.17, 15) is 9.59 Å². The summed E-state index contributed by atoms with van der Waals surface area (Å²) >= 11 is 9.07. The number of ether oxygens (including phenoxy) is 1.